The summed E-state index contributed by atoms with van der Waals surface area (Å²) in [4.78, 5) is 8.14. The van der Waals surface area contributed by atoms with Crippen LogP contribution in [0.5, 0.6) is 0 Å². The van der Waals surface area contributed by atoms with Gasteiger partial charge in [0.25, 0.3) is 0 Å². The molecule has 0 radical (unpaired) electrons. The molecule has 1 N–H and O–H groups in total. The van der Waals surface area contributed by atoms with Crippen molar-refractivity contribution in [2.75, 3.05) is 18.1 Å². The Hall–Kier alpha value is -0.770. The van der Waals surface area contributed by atoms with Crippen LogP contribution >= 0.6 is 11.8 Å². The fraction of sp³-hybridized carbons (Fsp3) is 0.556. The second-order valence-corrected chi connectivity index (χ2v) is 4.11. The minimum Gasteiger partial charge on any atom is -0.354 e. The van der Waals surface area contributed by atoms with Crippen molar-refractivity contribution in [3.05, 3.63) is 18.5 Å². The Kier molecular flexibility index (Phi) is 4.60. The third-order valence-electron chi connectivity index (χ3n) is 1.80. The van der Waals surface area contributed by atoms with E-state index in [4.69, 9.17) is 0 Å². The molecule has 0 bridgehead atoms. The summed E-state index contributed by atoms with van der Waals surface area (Å²) in [5, 5.41) is 3.87. The van der Waals surface area contributed by atoms with Crippen molar-refractivity contribution in [3.8, 4) is 0 Å². The Bertz CT molecular complexity index is 228. The Morgan fingerprint density at radius 2 is 2.15 bits per heavy atom. The van der Waals surface area contributed by atoms with Gasteiger partial charge in [-0.05, 0) is 18.7 Å². The highest BCUT2D eigenvalue weighted by molar-refractivity contribution is 7.99. The molecule has 1 aromatic heterocycles. The van der Waals surface area contributed by atoms with Crippen molar-refractivity contribution in [1.29, 1.82) is 0 Å². The second kappa shape index (κ2) is 5.80. The molecule has 1 heterocycles. The van der Waals surface area contributed by atoms with Crippen molar-refractivity contribution in [2.45, 2.75) is 18.6 Å². The maximum atomic E-state index is 4.07. The largest absolute Gasteiger partial charge is 0.354 e. The van der Waals surface area contributed by atoms with Gasteiger partial charge in [0, 0.05) is 24.2 Å². The Morgan fingerprint density at radius 3 is 2.77 bits per heavy atom. The number of aromatic nitrogens is 2. The summed E-state index contributed by atoms with van der Waals surface area (Å²) in [6, 6.07) is 1.82. The quantitative estimate of drug-likeness (QED) is 0.783. The lowest BCUT2D eigenvalue weighted by atomic mass is 10.3. The minimum atomic E-state index is 0.691. The van der Waals surface area contributed by atoms with Crippen molar-refractivity contribution in [2.24, 2.45) is 0 Å². The van der Waals surface area contributed by atoms with Crippen molar-refractivity contribution >= 4 is 17.7 Å². The lowest BCUT2D eigenvalue weighted by Gasteiger charge is -2.08. The third-order valence-corrected chi connectivity index (χ3v) is 2.84. The van der Waals surface area contributed by atoms with Gasteiger partial charge in [0.15, 0.2) is 0 Å². The molecule has 72 valence electrons. The maximum absolute atomic E-state index is 4.07. The van der Waals surface area contributed by atoms with Crippen LogP contribution < -0.4 is 5.32 Å². The van der Waals surface area contributed by atoms with E-state index in [-0.39, 0.29) is 0 Å². The van der Waals surface area contributed by atoms with E-state index in [1.807, 2.05) is 17.8 Å². The molecule has 0 fully saturated rings. The van der Waals surface area contributed by atoms with Gasteiger partial charge < -0.3 is 5.32 Å². The number of hydrogen-bond donors (Lipinski definition) is 1. The van der Waals surface area contributed by atoms with Gasteiger partial charge in [0.1, 0.15) is 0 Å². The number of thioether (sulfide) groups is 1. The first-order valence-electron chi connectivity index (χ1n) is 4.36. The van der Waals surface area contributed by atoms with Crippen LogP contribution in [-0.4, -0.2) is 28.0 Å². The zero-order valence-corrected chi connectivity index (χ0v) is 8.84. The summed E-state index contributed by atoms with van der Waals surface area (Å²) >= 11 is 1.88. The van der Waals surface area contributed by atoms with E-state index in [1.165, 1.54) is 0 Å². The highest BCUT2D eigenvalue weighted by atomic mass is 32.2. The molecular weight excluding hydrogens is 182 g/mol. The Morgan fingerprint density at radius 1 is 1.46 bits per heavy atom. The summed E-state index contributed by atoms with van der Waals surface area (Å²) in [6.45, 7) is 3.16. The molecule has 1 atom stereocenters. The molecular formula is C9H15N3S. The lowest BCUT2D eigenvalue weighted by molar-refractivity contribution is 0.844. The normalized spacial score (nSPS) is 12.5. The van der Waals surface area contributed by atoms with Gasteiger partial charge in [0.05, 0.1) is 0 Å². The van der Waals surface area contributed by atoms with Crippen LogP contribution in [0.2, 0.25) is 0 Å². The van der Waals surface area contributed by atoms with Crippen LogP contribution in [0.25, 0.3) is 0 Å². The SMILES string of the molecule is CSC(C)CCNc1ncccn1. The molecule has 0 aliphatic heterocycles. The zero-order chi connectivity index (χ0) is 9.52. The lowest BCUT2D eigenvalue weighted by Crippen LogP contribution is -2.09. The molecule has 1 rings (SSSR count). The molecule has 0 aliphatic rings. The van der Waals surface area contributed by atoms with Gasteiger partial charge in [-0.25, -0.2) is 9.97 Å². The van der Waals surface area contributed by atoms with Gasteiger partial charge in [-0.15, -0.1) is 0 Å². The molecule has 4 heteroatoms. The molecule has 0 aromatic carbocycles. The average molecular weight is 197 g/mol. The molecule has 0 spiro atoms. The fourth-order valence-electron chi connectivity index (χ4n) is 0.895. The van der Waals surface area contributed by atoms with Crippen molar-refractivity contribution in [1.82, 2.24) is 9.97 Å². The van der Waals surface area contributed by atoms with Crippen LogP contribution in [-0.2, 0) is 0 Å². The van der Waals surface area contributed by atoms with E-state index in [9.17, 15) is 0 Å². The monoisotopic (exact) mass is 197 g/mol. The first-order chi connectivity index (χ1) is 6.33. The Balaban J connectivity index is 2.20. The summed E-state index contributed by atoms with van der Waals surface area (Å²) in [7, 11) is 0. The highest BCUT2D eigenvalue weighted by Gasteiger charge is 1.98. The third kappa shape index (κ3) is 4.12. The first kappa shape index (κ1) is 10.3. The highest BCUT2D eigenvalue weighted by Crippen LogP contribution is 2.08. The van der Waals surface area contributed by atoms with E-state index < -0.39 is 0 Å². The molecule has 0 saturated carbocycles. The van der Waals surface area contributed by atoms with Gasteiger partial charge in [0.2, 0.25) is 5.95 Å². The number of anilines is 1. The van der Waals surface area contributed by atoms with Crippen molar-refractivity contribution < 1.29 is 0 Å². The molecule has 3 nitrogen and oxygen atoms in total. The molecule has 13 heavy (non-hydrogen) atoms. The number of hydrogen-bond acceptors (Lipinski definition) is 4. The van der Waals surface area contributed by atoms with Gasteiger partial charge in [-0.2, -0.15) is 11.8 Å². The van der Waals surface area contributed by atoms with Crippen LogP contribution in [0, 0.1) is 0 Å². The maximum Gasteiger partial charge on any atom is 0.222 e. The van der Waals surface area contributed by atoms with E-state index >= 15 is 0 Å². The van der Waals surface area contributed by atoms with Crippen LogP contribution in [0.15, 0.2) is 18.5 Å². The molecule has 1 aromatic rings. The van der Waals surface area contributed by atoms with Crippen LogP contribution in [0.4, 0.5) is 5.95 Å². The standard InChI is InChI=1S/C9H15N3S/c1-8(13-2)4-7-12-9-10-5-3-6-11-9/h3,5-6,8H,4,7H2,1-2H3,(H,10,11,12). The van der Waals surface area contributed by atoms with E-state index in [1.54, 1.807) is 12.4 Å². The summed E-state index contributed by atoms with van der Waals surface area (Å²) in [6.07, 6.45) is 6.75. The second-order valence-electron chi connectivity index (χ2n) is 2.83. The summed E-state index contributed by atoms with van der Waals surface area (Å²) < 4.78 is 0. The first-order valence-corrected chi connectivity index (χ1v) is 5.65. The summed E-state index contributed by atoms with van der Waals surface area (Å²) in [5.74, 6) is 0.718. The average Bonchev–Trinajstić information content (AvgIpc) is 2.19. The van der Waals surface area contributed by atoms with E-state index in [0.717, 1.165) is 18.9 Å². The molecule has 0 saturated heterocycles. The smallest absolute Gasteiger partial charge is 0.222 e. The molecule has 1 unspecified atom stereocenters. The predicted molar refractivity (Wildman–Crippen MR) is 58.1 cm³/mol. The topological polar surface area (TPSA) is 37.8 Å². The van der Waals surface area contributed by atoms with E-state index in [2.05, 4.69) is 28.5 Å². The van der Waals surface area contributed by atoms with Crippen molar-refractivity contribution in [3.63, 3.8) is 0 Å². The summed E-state index contributed by atoms with van der Waals surface area (Å²) in [5.41, 5.74) is 0. The number of nitrogens with one attached hydrogen (secondary N) is 1. The van der Waals surface area contributed by atoms with E-state index in [0.29, 0.717) is 5.25 Å². The van der Waals surface area contributed by atoms with Crippen LogP contribution in [0.3, 0.4) is 0 Å². The van der Waals surface area contributed by atoms with Gasteiger partial charge in [-0.1, -0.05) is 6.92 Å². The minimum absolute atomic E-state index is 0.691. The molecule has 0 aliphatic carbocycles. The predicted octanol–water partition coefficient (Wildman–Crippen LogP) is 2.03. The van der Waals surface area contributed by atoms with Crippen LogP contribution in [0.1, 0.15) is 13.3 Å². The zero-order valence-electron chi connectivity index (χ0n) is 8.03. The number of rotatable bonds is 5. The Labute approximate surface area is 83.4 Å². The fourth-order valence-corrected chi connectivity index (χ4v) is 1.25. The van der Waals surface area contributed by atoms with Gasteiger partial charge >= 0.3 is 0 Å². The number of nitrogens with zero attached hydrogens (tertiary/aromatic N) is 2. The molecule has 0 amide bonds. The van der Waals surface area contributed by atoms with Gasteiger partial charge in [-0.3, -0.25) is 0 Å².